The molecule has 1 fully saturated rings. The zero-order chi connectivity index (χ0) is 24.1. The Hall–Kier alpha value is -2.81. The summed E-state index contributed by atoms with van der Waals surface area (Å²) < 4.78 is 25.2. The van der Waals surface area contributed by atoms with Gasteiger partial charge in [-0.2, -0.15) is 0 Å². The van der Waals surface area contributed by atoms with E-state index in [1.54, 1.807) is 24.3 Å². The van der Waals surface area contributed by atoms with Crippen molar-refractivity contribution in [1.82, 2.24) is 4.90 Å². The molecule has 0 spiro atoms. The van der Waals surface area contributed by atoms with Crippen molar-refractivity contribution in [2.45, 2.75) is 6.61 Å². The standard InChI is InChI=1S/C25H18BrClFNO4S/c26-18-4-1-16(2-5-18)15-33-22-10-3-17(13-21(22)27)14-23-24(30)29(25(31)34-23)11-12-32-20-8-6-19(28)7-9-20/h1-10,13-14H,11-12,15H2/b23-14-. The van der Waals surface area contributed by atoms with E-state index in [2.05, 4.69) is 15.9 Å². The third-order valence-corrected chi connectivity index (χ3v) is 6.56. The summed E-state index contributed by atoms with van der Waals surface area (Å²) in [6.45, 7) is 0.557. The van der Waals surface area contributed by atoms with Crippen LogP contribution in [-0.2, 0) is 11.4 Å². The molecule has 4 rings (SSSR count). The first-order valence-corrected chi connectivity index (χ1v) is 12.2. The predicted octanol–water partition coefficient (Wildman–Crippen LogP) is 6.94. The molecule has 5 nitrogen and oxygen atoms in total. The molecular formula is C25H18BrClFNO4S. The van der Waals surface area contributed by atoms with Gasteiger partial charge >= 0.3 is 0 Å². The van der Waals surface area contributed by atoms with Crippen LogP contribution in [0.3, 0.4) is 0 Å². The summed E-state index contributed by atoms with van der Waals surface area (Å²) in [4.78, 5) is 26.4. The third-order valence-electron chi connectivity index (χ3n) is 4.83. The summed E-state index contributed by atoms with van der Waals surface area (Å²) >= 11 is 10.6. The van der Waals surface area contributed by atoms with Gasteiger partial charge in [0.2, 0.25) is 0 Å². The van der Waals surface area contributed by atoms with E-state index < -0.39 is 5.91 Å². The molecule has 0 unspecified atom stereocenters. The summed E-state index contributed by atoms with van der Waals surface area (Å²) in [5.41, 5.74) is 1.68. The number of hydrogen-bond donors (Lipinski definition) is 0. The molecular weight excluding hydrogens is 545 g/mol. The van der Waals surface area contributed by atoms with Crippen molar-refractivity contribution in [1.29, 1.82) is 0 Å². The molecule has 0 saturated carbocycles. The summed E-state index contributed by atoms with van der Waals surface area (Å²) in [5, 5.41) is 0.0253. The smallest absolute Gasteiger partial charge is 0.293 e. The van der Waals surface area contributed by atoms with Gasteiger partial charge in [0.15, 0.2) is 0 Å². The lowest BCUT2D eigenvalue weighted by Crippen LogP contribution is -2.32. The number of thioether (sulfide) groups is 1. The molecule has 2 amide bonds. The van der Waals surface area contributed by atoms with Gasteiger partial charge in [0, 0.05) is 4.47 Å². The highest BCUT2D eigenvalue weighted by molar-refractivity contribution is 9.10. The topological polar surface area (TPSA) is 55.8 Å². The summed E-state index contributed by atoms with van der Waals surface area (Å²) in [5.74, 6) is 0.214. The third kappa shape index (κ3) is 6.20. The maximum atomic E-state index is 13.0. The first-order valence-electron chi connectivity index (χ1n) is 10.2. The number of amides is 2. The SMILES string of the molecule is O=C1S/C(=C\c2ccc(OCc3ccc(Br)cc3)c(Cl)c2)C(=O)N1CCOc1ccc(F)cc1. The Labute approximate surface area is 213 Å². The molecule has 0 atom stereocenters. The van der Waals surface area contributed by atoms with Crippen LogP contribution in [0.1, 0.15) is 11.1 Å². The van der Waals surface area contributed by atoms with Gasteiger partial charge in [-0.1, -0.05) is 45.7 Å². The van der Waals surface area contributed by atoms with E-state index in [0.29, 0.717) is 33.6 Å². The molecule has 1 aliphatic heterocycles. The largest absolute Gasteiger partial charge is 0.492 e. The van der Waals surface area contributed by atoms with Gasteiger partial charge in [-0.25, -0.2) is 4.39 Å². The number of nitrogens with zero attached hydrogens (tertiary/aromatic N) is 1. The molecule has 1 heterocycles. The zero-order valence-electron chi connectivity index (χ0n) is 17.7. The molecule has 174 valence electrons. The van der Waals surface area contributed by atoms with Crippen molar-refractivity contribution >= 4 is 56.5 Å². The number of carbonyl (C=O) groups excluding carboxylic acids is 2. The van der Waals surface area contributed by atoms with E-state index in [4.69, 9.17) is 21.1 Å². The van der Waals surface area contributed by atoms with Crippen LogP contribution in [-0.4, -0.2) is 29.2 Å². The Bertz CT molecular complexity index is 1230. The molecule has 0 bridgehead atoms. The minimum atomic E-state index is -0.399. The minimum absolute atomic E-state index is 0.0863. The van der Waals surface area contributed by atoms with E-state index >= 15 is 0 Å². The van der Waals surface area contributed by atoms with Crippen LogP contribution in [0.15, 0.2) is 76.1 Å². The monoisotopic (exact) mass is 561 g/mol. The Morgan fingerprint density at radius 1 is 1.00 bits per heavy atom. The number of carbonyl (C=O) groups is 2. The van der Waals surface area contributed by atoms with Crippen LogP contribution in [0.2, 0.25) is 5.02 Å². The molecule has 3 aromatic carbocycles. The quantitative estimate of drug-likeness (QED) is 0.279. The molecule has 9 heteroatoms. The van der Waals surface area contributed by atoms with Gasteiger partial charge in [-0.05, 0) is 77.5 Å². The van der Waals surface area contributed by atoms with Crippen molar-refractivity contribution in [3.05, 3.63) is 98.1 Å². The van der Waals surface area contributed by atoms with E-state index in [9.17, 15) is 14.0 Å². The number of hydrogen-bond acceptors (Lipinski definition) is 5. The molecule has 0 N–H and O–H groups in total. The van der Waals surface area contributed by atoms with Gasteiger partial charge in [-0.15, -0.1) is 0 Å². The number of halogens is 3. The average molecular weight is 563 g/mol. The molecule has 3 aromatic rings. The fraction of sp³-hybridized carbons (Fsp3) is 0.120. The second-order valence-electron chi connectivity index (χ2n) is 7.24. The van der Waals surface area contributed by atoms with Crippen molar-refractivity contribution in [3.8, 4) is 11.5 Å². The summed E-state index contributed by atoms with van der Waals surface area (Å²) in [6.07, 6.45) is 1.62. The highest BCUT2D eigenvalue weighted by atomic mass is 79.9. The highest BCUT2D eigenvalue weighted by Gasteiger charge is 2.34. The Balaban J connectivity index is 1.35. The van der Waals surface area contributed by atoms with Crippen molar-refractivity contribution in [2.24, 2.45) is 0 Å². The fourth-order valence-corrected chi connectivity index (χ4v) is 4.47. The van der Waals surface area contributed by atoms with E-state index in [1.165, 1.54) is 24.3 Å². The minimum Gasteiger partial charge on any atom is -0.492 e. The maximum absolute atomic E-state index is 13.0. The van der Waals surface area contributed by atoms with Crippen LogP contribution >= 0.6 is 39.3 Å². The normalized spacial score (nSPS) is 14.7. The summed E-state index contributed by atoms with van der Waals surface area (Å²) in [7, 11) is 0. The molecule has 1 aliphatic rings. The molecule has 0 radical (unpaired) electrons. The zero-order valence-corrected chi connectivity index (χ0v) is 20.8. The summed E-state index contributed by atoms with van der Waals surface area (Å²) in [6, 6.07) is 18.5. The number of benzene rings is 3. The second kappa shape index (κ2) is 11.1. The Kier molecular flexibility index (Phi) is 7.92. The lowest BCUT2D eigenvalue weighted by atomic mass is 10.2. The van der Waals surface area contributed by atoms with Crippen molar-refractivity contribution in [3.63, 3.8) is 0 Å². The highest BCUT2D eigenvalue weighted by Crippen LogP contribution is 2.34. The van der Waals surface area contributed by atoms with E-state index in [-0.39, 0.29) is 24.2 Å². The first kappa shape index (κ1) is 24.3. The van der Waals surface area contributed by atoms with Crippen LogP contribution in [0, 0.1) is 5.82 Å². The van der Waals surface area contributed by atoms with E-state index in [1.807, 2.05) is 24.3 Å². The van der Waals surface area contributed by atoms with Crippen LogP contribution < -0.4 is 9.47 Å². The average Bonchev–Trinajstić information content (AvgIpc) is 3.08. The molecule has 34 heavy (non-hydrogen) atoms. The molecule has 1 saturated heterocycles. The van der Waals surface area contributed by atoms with Crippen LogP contribution in [0.4, 0.5) is 9.18 Å². The van der Waals surface area contributed by atoms with Crippen LogP contribution in [0.5, 0.6) is 11.5 Å². The van der Waals surface area contributed by atoms with Crippen LogP contribution in [0.25, 0.3) is 6.08 Å². The second-order valence-corrected chi connectivity index (χ2v) is 9.56. The molecule has 0 aromatic heterocycles. The fourth-order valence-electron chi connectivity index (χ4n) is 3.10. The van der Waals surface area contributed by atoms with Gasteiger partial charge in [-0.3, -0.25) is 14.5 Å². The Morgan fingerprint density at radius 2 is 1.74 bits per heavy atom. The lowest BCUT2D eigenvalue weighted by Gasteiger charge is -2.13. The first-order chi connectivity index (χ1) is 16.4. The molecule has 0 aliphatic carbocycles. The van der Waals surface area contributed by atoms with Gasteiger partial charge in [0.05, 0.1) is 16.5 Å². The van der Waals surface area contributed by atoms with Gasteiger partial charge < -0.3 is 9.47 Å². The maximum Gasteiger partial charge on any atom is 0.293 e. The Morgan fingerprint density at radius 3 is 2.44 bits per heavy atom. The van der Waals surface area contributed by atoms with Crippen molar-refractivity contribution in [2.75, 3.05) is 13.2 Å². The number of rotatable bonds is 8. The van der Waals surface area contributed by atoms with E-state index in [0.717, 1.165) is 26.7 Å². The lowest BCUT2D eigenvalue weighted by molar-refractivity contribution is -0.123. The van der Waals surface area contributed by atoms with Crippen molar-refractivity contribution < 1.29 is 23.5 Å². The van der Waals surface area contributed by atoms with Gasteiger partial charge in [0.1, 0.15) is 30.5 Å². The number of ether oxygens (including phenoxy) is 2. The van der Waals surface area contributed by atoms with Gasteiger partial charge in [0.25, 0.3) is 11.1 Å². The predicted molar refractivity (Wildman–Crippen MR) is 134 cm³/mol. The number of imide groups is 1.